The number of benzene rings is 2. The highest BCUT2D eigenvalue weighted by molar-refractivity contribution is 7.90. The standard InChI is InChI=1S/C18H14N4O3S/c1-26(24,25)14-8-6-13(7-9-14)16-15(17(18(20)23)22-21-16)12-4-2-11(10-19)3-5-12/h2-9H,1H3,(H2,20,23)(H,21,22). The fraction of sp³-hybridized carbons (Fsp3) is 0.0556. The van der Waals surface area contributed by atoms with Gasteiger partial charge in [0, 0.05) is 17.4 Å². The lowest BCUT2D eigenvalue weighted by Crippen LogP contribution is -2.12. The molecule has 0 aliphatic carbocycles. The number of nitrogens with zero attached hydrogens (tertiary/aromatic N) is 2. The number of aromatic amines is 1. The van der Waals surface area contributed by atoms with Crippen LogP contribution in [-0.4, -0.2) is 30.8 Å². The Bertz CT molecular complexity index is 1120. The van der Waals surface area contributed by atoms with E-state index in [1.165, 1.54) is 12.1 Å². The molecule has 0 aliphatic rings. The van der Waals surface area contributed by atoms with Gasteiger partial charge in [-0.1, -0.05) is 24.3 Å². The fourth-order valence-electron chi connectivity index (χ4n) is 2.58. The van der Waals surface area contributed by atoms with Gasteiger partial charge in [-0.3, -0.25) is 9.89 Å². The first-order chi connectivity index (χ1) is 12.3. The number of rotatable bonds is 4. The first-order valence-corrected chi connectivity index (χ1v) is 9.39. The van der Waals surface area contributed by atoms with Crippen LogP contribution < -0.4 is 5.73 Å². The van der Waals surface area contributed by atoms with Gasteiger partial charge in [-0.15, -0.1) is 0 Å². The molecule has 26 heavy (non-hydrogen) atoms. The first-order valence-electron chi connectivity index (χ1n) is 7.50. The number of amides is 1. The summed E-state index contributed by atoms with van der Waals surface area (Å²) in [5, 5.41) is 15.7. The molecule has 3 N–H and O–H groups in total. The Morgan fingerprint density at radius 3 is 2.15 bits per heavy atom. The van der Waals surface area contributed by atoms with E-state index in [9.17, 15) is 13.2 Å². The van der Waals surface area contributed by atoms with Gasteiger partial charge >= 0.3 is 0 Å². The van der Waals surface area contributed by atoms with Gasteiger partial charge in [-0.2, -0.15) is 10.4 Å². The molecule has 0 fully saturated rings. The molecule has 0 unspecified atom stereocenters. The molecular weight excluding hydrogens is 352 g/mol. The number of carbonyl (C=O) groups excluding carboxylic acids is 1. The highest BCUT2D eigenvalue weighted by Gasteiger charge is 2.20. The number of nitrogens with one attached hydrogen (secondary N) is 1. The monoisotopic (exact) mass is 366 g/mol. The molecule has 8 heteroatoms. The van der Waals surface area contributed by atoms with Crippen LogP contribution in [0.4, 0.5) is 0 Å². The molecule has 0 aliphatic heterocycles. The first kappa shape index (κ1) is 17.4. The second-order valence-electron chi connectivity index (χ2n) is 5.67. The number of carbonyl (C=O) groups is 1. The molecule has 0 saturated carbocycles. The number of hydrogen-bond donors (Lipinski definition) is 2. The molecule has 1 heterocycles. The Balaban J connectivity index is 2.16. The van der Waals surface area contributed by atoms with E-state index in [1.54, 1.807) is 36.4 Å². The van der Waals surface area contributed by atoms with Crippen LogP contribution in [0.1, 0.15) is 16.1 Å². The number of nitriles is 1. The Labute approximate surface area is 150 Å². The number of aromatic nitrogens is 2. The molecule has 0 atom stereocenters. The summed E-state index contributed by atoms with van der Waals surface area (Å²) in [6.07, 6.45) is 1.13. The summed E-state index contributed by atoms with van der Waals surface area (Å²) in [5.74, 6) is -0.670. The van der Waals surface area contributed by atoms with Gasteiger partial charge in [0.15, 0.2) is 9.84 Å². The maximum absolute atomic E-state index is 11.8. The van der Waals surface area contributed by atoms with Crippen LogP contribution in [0.2, 0.25) is 0 Å². The van der Waals surface area contributed by atoms with Crippen LogP contribution in [0.5, 0.6) is 0 Å². The van der Waals surface area contributed by atoms with Crippen molar-refractivity contribution in [1.82, 2.24) is 10.2 Å². The molecule has 0 radical (unpaired) electrons. The van der Waals surface area contributed by atoms with Crippen LogP contribution in [0, 0.1) is 11.3 Å². The van der Waals surface area contributed by atoms with Crippen molar-refractivity contribution in [2.24, 2.45) is 5.73 Å². The van der Waals surface area contributed by atoms with Crippen LogP contribution >= 0.6 is 0 Å². The van der Waals surface area contributed by atoms with Crippen molar-refractivity contribution < 1.29 is 13.2 Å². The molecule has 2 aromatic carbocycles. The number of primary amides is 1. The maximum atomic E-state index is 11.8. The lowest BCUT2D eigenvalue weighted by molar-refractivity contribution is 0.0996. The van der Waals surface area contributed by atoms with E-state index in [4.69, 9.17) is 11.0 Å². The average molecular weight is 366 g/mol. The predicted molar refractivity (Wildman–Crippen MR) is 95.8 cm³/mol. The van der Waals surface area contributed by atoms with Gasteiger partial charge in [-0.25, -0.2) is 8.42 Å². The lowest BCUT2D eigenvalue weighted by Gasteiger charge is -2.06. The second kappa shape index (κ2) is 6.46. The Morgan fingerprint density at radius 2 is 1.65 bits per heavy atom. The van der Waals surface area contributed by atoms with Crippen LogP contribution in [0.3, 0.4) is 0 Å². The highest BCUT2D eigenvalue weighted by Crippen LogP contribution is 2.33. The number of nitrogens with two attached hydrogens (primary N) is 1. The SMILES string of the molecule is CS(=O)(=O)c1ccc(-c2n[nH]c(C(N)=O)c2-c2ccc(C#N)cc2)cc1. The fourth-order valence-corrected chi connectivity index (χ4v) is 3.21. The van der Waals surface area contributed by atoms with Crippen molar-refractivity contribution in [1.29, 1.82) is 5.26 Å². The van der Waals surface area contributed by atoms with Crippen molar-refractivity contribution >= 4 is 15.7 Å². The van der Waals surface area contributed by atoms with Gasteiger partial charge in [0.25, 0.3) is 5.91 Å². The molecule has 1 amide bonds. The number of H-pyrrole nitrogens is 1. The normalized spacial score (nSPS) is 11.1. The van der Waals surface area contributed by atoms with Crippen LogP contribution in [0.25, 0.3) is 22.4 Å². The lowest BCUT2D eigenvalue weighted by atomic mass is 9.98. The summed E-state index contributed by atoms with van der Waals surface area (Å²) in [5.41, 5.74) is 8.30. The van der Waals surface area contributed by atoms with E-state index < -0.39 is 15.7 Å². The molecule has 3 rings (SSSR count). The van der Waals surface area contributed by atoms with Gasteiger partial charge in [-0.05, 0) is 29.8 Å². The smallest absolute Gasteiger partial charge is 0.267 e. The summed E-state index contributed by atoms with van der Waals surface area (Å²) >= 11 is 0. The highest BCUT2D eigenvalue weighted by atomic mass is 32.2. The molecule has 0 spiro atoms. The van der Waals surface area contributed by atoms with E-state index in [1.807, 2.05) is 6.07 Å². The van der Waals surface area contributed by atoms with E-state index in [0.717, 1.165) is 6.26 Å². The quantitative estimate of drug-likeness (QED) is 0.730. The minimum absolute atomic E-state index is 0.136. The van der Waals surface area contributed by atoms with Crippen molar-refractivity contribution in [2.45, 2.75) is 4.90 Å². The third-order valence-corrected chi connectivity index (χ3v) is 5.00. The van der Waals surface area contributed by atoms with Crippen molar-refractivity contribution in [3.63, 3.8) is 0 Å². The van der Waals surface area contributed by atoms with Crippen molar-refractivity contribution in [3.8, 4) is 28.5 Å². The minimum Gasteiger partial charge on any atom is -0.364 e. The molecule has 1 aromatic heterocycles. The molecule has 0 bridgehead atoms. The Morgan fingerprint density at radius 1 is 1.08 bits per heavy atom. The molecule has 3 aromatic rings. The van der Waals surface area contributed by atoms with E-state index in [0.29, 0.717) is 27.9 Å². The second-order valence-corrected chi connectivity index (χ2v) is 7.69. The Hall–Kier alpha value is -3.44. The zero-order chi connectivity index (χ0) is 18.9. The van der Waals surface area contributed by atoms with Crippen LogP contribution in [0.15, 0.2) is 53.4 Å². The summed E-state index contributed by atoms with van der Waals surface area (Å²) in [6, 6.07) is 14.9. The third-order valence-electron chi connectivity index (χ3n) is 3.87. The maximum Gasteiger partial charge on any atom is 0.267 e. The summed E-state index contributed by atoms with van der Waals surface area (Å²) in [6.45, 7) is 0. The third kappa shape index (κ3) is 3.20. The van der Waals surface area contributed by atoms with Crippen molar-refractivity contribution in [3.05, 3.63) is 59.8 Å². The van der Waals surface area contributed by atoms with Gasteiger partial charge < -0.3 is 5.73 Å². The summed E-state index contributed by atoms with van der Waals surface area (Å²) in [7, 11) is -3.31. The number of sulfone groups is 1. The van der Waals surface area contributed by atoms with E-state index >= 15 is 0 Å². The Kier molecular flexibility index (Phi) is 4.32. The minimum atomic E-state index is -3.31. The molecular formula is C18H14N4O3S. The van der Waals surface area contributed by atoms with E-state index in [2.05, 4.69) is 10.2 Å². The average Bonchev–Trinajstić information content (AvgIpc) is 3.06. The van der Waals surface area contributed by atoms with Crippen LogP contribution in [-0.2, 0) is 9.84 Å². The van der Waals surface area contributed by atoms with Gasteiger partial charge in [0.1, 0.15) is 11.4 Å². The zero-order valence-corrected chi connectivity index (χ0v) is 14.5. The number of hydrogen-bond acceptors (Lipinski definition) is 5. The van der Waals surface area contributed by atoms with Crippen molar-refractivity contribution in [2.75, 3.05) is 6.26 Å². The van der Waals surface area contributed by atoms with Gasteiger partial charge in [0.05, 0.1) is 16.5 Å². The molecule has 0 saturated heterocycles. The topological polar surface area (TPSA) is 130 Å². The van der Waals surface area contributed by atoms with E-state index in [-0.39, 0.29) is 10.6 Å². The summed E-state index contributed by atoms with van der Waals surface area (Å²) < 4.78 is 23.2. The van der Waals surface area contributed by atoms with Gasteiger partial charge in [0.2, 0.25) is 0 Å². The zero-order valence-electron chi connectivity index (χ0n) is 13.7. The largest absolute Gasteiger partial charge is 0.364 e. The predicted octanol–water partition coefficient (Wildman–Crippen LogP) is 2.12. The molecule has 7 nitrogen and oxygen atoms in total. The summed E-state index contributed by atoms with van der Waals surface area (Å²) in [4.78, 5) is 12.0. The molecule has 130 valence electrons.